The highest BCUT2D eigenvalue weighted by Gasteiger charge is 2.03. The molecule has 0 aliphatic carbocycles. The van der Waals surface area contributed by atoms with E-state index in [-0.39, 0.29) is 5.38 Å². The van der Waals surface area contributed by atoms with Crippen LogP contribution in [0, 0.1) is 0 Å². The van der Waals surface area contributed by atoms with Gasteiger partial charge in [0.25, 0.3) is 0 Å². The van der Waals surface area contributed by atoms with Crippen LogP contribution in [0.4, 0.5) is 0 Å². The van der Waals surface area contributed by atoms with Crippen LogP contribution in [-0.4, -0.2) is 35.4 Å². The molecule has 1 N–H and O–H groups in total. The average Bonchev–Trinajstić information content (AvgIpc) is 2.66. The number of halogens is 1. The number of aromatic nitrogens is 2. The average molecular weight is 232 g/mol. The Labute approximate surface area is 95.6 Å². The Balaban J connectivity index is 2.19. The Hall–Kier alpha value is -0.580. The molecule has 1 heterocycles. The second-order valence-electron chi connectivity index (χ2n) is 3.39. The van der Waals surface area contributed by atoms with Crippen molar-refractivity contribution in [1.29, 1.82) is 0 Å². The van der Waals surface area contributed by atoms with Crippen LogP contribution in [0.1, 0.15) is 12.5 Å². The van der Waals surface area contributed by atoms with Gasteiger partial charge in [0.2, 0.25) is 0 Å². The van der Waals surface area contributed by atoms with E-state index >= 15 is 0 Å². The molecule has 0 spiro atoms. The van der Waals surface area contributed by atoms with Gasteiger partial charge in [-0.1, -0.05) is 0 Å². The van der Waals surface area contributed by atoms with E-state index < -0.39 is 0 Å². The lowest BCUT2D eigenvalue weighted by atomic mass is 10.3. The fourth-order valence-corrected chi connectivity index (χ4v) is 1.52. The van der Waals surface area contributed by atoms with E-state index in [1.807, 2.05) is 17.1 Å². The van der Waals surface area contributed by atoms with Gasteiger partial charge >= 0.3 is 0 Å². The minimum absolute atomic E-state index is 0.0243. The third kappa shape index (κ3) is 4.64. The number of ether oxygens (including phenoxy) is 1. The first-order valence-corrected chi connectivity index (χ1v) is 5.55. The molecule has 0 aliphatic rings. The number of alkyl halides is 1. The lowest BCUT2D eigenvalue weighted by Gasteiger charge is -2.08. The van der Waals surface area contributed by atoms with Crippen molar-refractivity contribution in [1.82, 2.24) is 15.1 Å². The molecule has 0 saturated carbocycles. The normalized spacial score (nSPS) is 13.0. The Morgan fingerprint density at radius 2 is 2.47 bits per heavy atom. The van der Waals surface area contributed by atoms with Gasteiger partial charge in [-0.25, -0.2) is 0 Å². The standard InChI is InChI=1S/C10H18ClN3O/c1-3-14-7-9(5-13-14)4-12-6-10(11)8-15-2/h5,7,10,12H,3-4,6,8H2,1-2H3. The van der Waals surface area contributed by atoms with Crippen LogP contribution in [0.2, 0.25) is 0 Å². The van der Waals surface area contributed by atoms with Crippen molar-refractivity contribution in [2.24, 2.45) is 0 Å². The fourth-order valence-electron chi connectivity index (χ4n) is 1.28. The fraction of sp³-hybridized carbons (Fsp3) is 0.700. The lowest BCUT2D eigenvalue weighted by Crippen LogP contribution is -2.25. The van der Waals surface area contributed by atoms with E-state index in [1.165, 1.54) is 5.56 Å². The molecule has 1 rings (SSSR count). The second-order valence-corrected chi connectivity index (χ2v) is 4.01. The van der Waals surface area contributed by atoms with E-state index in [9.17, 15) is 0 Å². The maximum Gasteiger partial charge on any atom is 0.0694 e. The number of hydrogen-bond donors (Lipinski definition) is 1. The first-order valence-electron chi connectivity index (χ1n) is 5.11. The van der Waals surface area contributed by atoms with Crippen LogP contribution in [0.25, 0.3) is 0 Å². The quantitative estimate of drug-likeness (QED) is 0.718. The summed E-state index contributed by atoms with van der Waals surface area (Å²) in [5, 5.41) is 7.47. The first kappa shape index (κ1) is 12.5. The summed E-state index contributed by atoms with van der Waals surface area (Å²) >= 11 is 5.97. The SMILES string of the molecule is CCn1cc(CNCC(Cl)COC)cn1. The molecule has 0 bridgehead atoms. The van der Waals surface area contributed by atoms with Gasteiger partial charge in [0.1, 0.15) is 0 Å². The Morgan fingerprint density at radius 1 is 1.67 bits per heavy atom. The van der Waals surface area contributed by atoms with Gasteiger partial charge in [-0.3, -0.25) is 4.68 Å². The smallest absolute Gasteiger partial charge is 0.0694 e. The predicted molar refractivity (Wildman–Crippen MR) is 61.1 cm³/mol. The van der Waals surface area contributed by atoms with Crippen molar-refractivity contribution < 1.29 is 4.74 Å². The maximum absolute atomic E-state index is 5.97. The van der Waals surface area contributed by atoms with E-state index in [4.69, 9.17) is 16.3 Å². The number of nitrogens with one attached hydrogen (secondary N) is 1. The highest BCUT2D eigenvalue weighted by atomic mass is 35.5. The highest BCUT2D eigenvalue weighted by Crippen LogP contribution is 1.98. The van der Waals surface area contributed by atoms with Crippen LogP contribution < -0.4 is 5.32 Å². The first-order chi connectivity index (χ1) is 7.26. The van der Waals surface area contributed by atoms with E-state index in [0.717, 1.165) is 19.6 Å². The van der Waals surface area contributed by atoms with E-state index in [1.54, 1.807) is 7.11 Å². The molecule has 1 atom stereocenters. The molecular formula is C10H18ClN3O. The molecule has 86 valence electrons. The number of rotatable bonds is 7. The molecular weight excluding hydrogens is 214 g/mol. The third-order valence-electron chi connectivity index (χ3n) is 2.05. The Kier molecular flexibility index (Phi) is 5.68. The molecule has 4 nitrogen and oxygen atoms in total. The molecule has 0 radical (unpaired) electrons. The molecule has 5 heteroatoms. The second kappa shape index (κ2) is 6.82. The van der Waals surface area contributed by atoms with Crippen molar-refractivity contribution in [2.45, 2.75) is 25.4 Å². The molecule has 15 heavy (non-hydrogen) atoms. The third-order valence-corrected chi connectivity index (χ3v) is 2.33. The van der Waals surface area contributed by atoms with Gasteiger partial charge in [-0.05, 0) is 6.92 Å². The van der Waals surface area contributed by atoms with E-state index in [2.05, 4.69) is 17.3 Å². The minimum atomic E-state index is 0.0243. The molecule has 1 aromatic heterocycles. The summed E-state index contributed by atoms with van der Waals surface area (Å²) in [7, 11) is 1.65. The van der Waals surface area contributed by atoms with Crippen molar-refractivity contribution >= 4 is 11.6 Å². The monoisotopic (exact) mass is 231 g/mol. The Morgan fingerprint density at radius 3 is 3.07 bits per heavy atom. The maximum atomic E-state index is 5.97. The number of aryl methyl sites for hydroxylation is 1. The van der Waals surface area contributed by atoms with Gasteiger partial charge in [0, 0.05) is 38.5 Å². The van der Waals surface area contributed by atoms with E-state index in [0.29, 0.717) is 6.61 Å². The number of nitrogens with zero attached hydrogens (tertiary/aromatic N) is 2. The zero-order valence-corrected chi connectivity index (χ0v) is 10.00. The van der Waals surface area contributed by atoms with Gasteiger partial charge in [-0.2, -0.15) is 5.10 Å². The zero-order chi connectivity index (χ0) is 11.1. The molecule has 0 aromatic carbocycles. The lowest BCUT2D eigenvalue weighted by molar-refractivity contribution is 0.197. The van der Waals surface area contributed by atoms with Crippen molar-refractivity contribution in [2.75, 3.05) is 20.3 Å². The largest absolute Gasteiger partial charge is 0.383 e. The van der Waals surface area contributed by atoms with Gasteiger partial charge < -0.3 is 10.1 Å². The minimum Gasteiger partial charge on any atom is -0.383 e. The molecule has 0 saturated heterocycles. The van der Waals surface area contributed by atoms with Crippen molar-refractivity contribution in [3.8, 4) is 0 Å². The van der Waals surface area contributed by atoms with Crippen molar-refractivity contribution in [3.05, 3.63) is 18.0 Å². The summed E-state index contributed by atoms with van der Waals surface area (Å²) in [4.78, 5) is 0. The van der Waals surface area contributed by atoms with Crippen LogP contribution in [0.3, 0.4) is 0 Å². The summed E-state index contributed by atoms with van der Waals surface area (Å²) in [5.74, 6) is 0. The van der Waals surface area contributed by atoms with Gasteiger partial charge in [-0.15, -0.1) is 11.6 Å². The number of methoxy groups -OCH3 is 1. The number of hydrogen-bond acceptors (Lipinski definition) is 3. The summed E-state index contributed by atoms with van der Waals surface area (Å²) in [6.07, 6.45) is 3.91. The molecule has 1 aromatic rings. The van der Waals surface area contributed by atoms with Gasteiger partial charge in [0.05, 0.1) is 18.2 Å². The molecule has 0 fully saturated rings. The predicted octanol–water partition coefficient (Wildman–Crippen LogP) is 1.25. The highest BCUT2D eigenvalue weighted by molar-refractivity contribution is 6.20. The molecule has 0 amide bonds. The summed E-state index contributed by atoms with van der Waals surface area (Å²) < 4.78 is 6.85. The molecule has 0 aliphatic heterocycles. The zero-order valence-electron chi connectivity index (χ0n) is 9.24. The molecule has 1 unspecified atom stereocenters. The topological polar surface area (TPSA) is 39.1 Å². The van der Waals surface area contributed by atoms with Crippen LogP contribution in [0.5, 0.6) is 0 Å². The van der Waals surface area contributed by atoms with Gasteiger partial charge in [0.15, 0.2) is 0 Å². The Bertz CT molecular complexity index is 277. The van der Waals surface area contributed by atoms with Crippen LogP contribution in [-0.2, 0) is 17.8 Å². The van der Waals surface area contributed by atoms with Crippen LogP contribution in [0.15, 0.2) is 12.4 Å². The summed E-state index contributed by atoms with van der Waals surface area (Å²) in [6.45, 7) is 5.09. The van der Waals surface area contributed by atoms with Crippen molar-refractivity contribution in [3.63, 3.8) is 0 Å². The summed E-state index contributed by atoms with van der Waals surface area (Å²) in [6, 6.07) is 0. The summed E-state index contributed by atoms with van der Waals surface area (Å²) in [5.41, 5.74) is 1.18. The van der Waals surface area contributed by atoms with Crippen LogP contribution >= 0.6 is 11.6 Å².